The van der Waals surface area contributed by atoms with E-state index in [9.17, 15) is 29.7 Å². The van der Waals surface area contributed by atoms with Gasteiger partial charge in [-0.3, -0.25) is 19.3 Å². The van der Waals surface area contributed by atoms with E-state index in [1.165, 1.54) is 45.0 Å². The van der Waals surface area contributed by atoms with Crippen molar-refractivity contribution in [3.8, 4) is 57.5 Å². The monoisotopic (exact) mass is 1550 g/mol. The molecule has 113 heavy (non-hydrogen) atoms. The Morgan fingerprint density at radius 2 is 0.885 bits per heavy atom. The van der Waals surface area contributed by atoms with Crippen LogP contribution in [0.4, 0.5) is 0 Å². The Hall–Kier alpha value is -8.36. The van der Waals surface area contributed by atoms with Crippen LogP contribution in [0.25, 0.3) is 0 Å². The largest absolute Gasteiger partial charge is 0.544 e. The maximum atomic E-state index is 12.7. The highest BCUT2D eigenvalue weighted by molar-refractivity contribution is 6.34. The maximum absolute atomic E-state index is 12.7. The molecule has 23 heteroatoms. The SMILES string of the molecule is C=[SiH]OC1C=CC2C3Cc4ccc(OC)c5c4[C@@]2(CN3C)C1O5.COc1ccc2c3c1OC1C(=O)C=CC4(O)C(C2)N(C)CC[C@]314.COc1ccc2c3c1OC1C(=O)C=CC4C(C2)N(C)CC[C@]314.COc1ccc2c3c1OC1C(=O)CCC4(O)C(C2)N(C)CC[C@]314.COc1ccc2c3c1OC1C(O)C=CC4C(C2)N(C)CC[C@@]341. The van der Waals surface area contributed by atoms with Crippen LogP contribution in [0.3, 0.4) is 0 Å². The first-order valence-corrected chi connectivity index (χ1v) is 42.0. The summed E-state index contributed by atoms with van der Waals surface area (Å²) in [5.41, 5.74) is 8.93. The van der Waals surface area contributed by atoms with Gasteiger partial charge in [-0.05, 0) is 208 Å². The third-order valence-corrected chi connectivity index (χ3v) is 32.4. The number of ketones is 3. The zero-order valence-corrected chi connectivity index (χ0v) is 67.1. The Labute approximate surface area is 661 Å². The standard InChI is InChI=1S/C18H21NO4.C18H19NO4.C18H21NO3Si.C18H21NO3.C18H19NO3/c2*1-19-8-7-17-14-10-3-4-12(22-2)15(14)23-16(17)11(20)5-6-18(17,21)13(19)9-10;1-19-9-18-11-5-7-14(22-23-3)17(18)21-16-13(20-2)6-4-10(15(16)18)8-12(11)19;2*1-19-8-7-18-11-4-5-13(20)17(18)22-16-14(21-2)6-3-10(15(16)18)9-12(11)19/h3-4,13,16,21H,5-9H2,1-2H3;3-6,13,16,21H,7-9H2,1-2H3;4-7,11-12,14,17,23H,3,8-9H2,1-2H3;3-6,11-13,17,20H,7-9H2,1-2H3;3-6,11-12,17H,7-9H2,1-2H3/t2*13?,16?,17-,18?;11?,12?,14?,17?,18-;11?,12?,13?,17?,18-;11?,12?,17?,18-/m00000/s1. The molecule has 22 atom stereocenters. The summed E-state index contributed by atoms with van der Waals surface area (Å²) in [5, 5.41) is 34.0. The van der Waals surface area contributed by atoms with Crippen LogP contribution in [0, 0.1) is 17.8 Å². The van der Waals surface area contributed by atoms with E-state index >= 15 is 0 Å². The number of piperidine rings is 4. The molecule has 5 aromatic rings. The molecule has 0 amide bonds. The van der Waals surface area contributed by atoms with E-state index < -0.39 is 40.3 Å². The van der Waals surface area contributed by atoms with Crippen molar-refractivity contribution >= 4 is 32.9 Å². The van der Waals surface area contributed by atoms with Gasteiger partial charge < -0.3 is 86.7 Å². The van der Waals surface area contributed by atoms with Gasteiger partial charge >= 0.3 is 0 Å². The maximum Gasteiger partial charge on any atom is 0.209 e. The number of rotatable bonds is 7. The molecule has 10 bridgehead atoms. The number of Topliss-reactive ketones (excluding diaryl/α,β-unsaturated/α-hetero) is 1. The number of aliphatic hydroxyl groups is 3. The van der Waals surface area contributed by atoms with E-state index in [4.69, 9.17) is 51.8 Å². The topological polar surface area (TPSA) is 230 Å². The summed E-state index contributed by atoms with van der Waals surface area (Å²) in [6.07, 6.45) is 26.6. The number of nitrogens with zero attached hydrogens (tertiary/aromatic N) is 5. The number of methoxy groups -OCH3 is 5. The highest BCUT2D eigenvalue weighted by atomic mass is 28.2. The summed E-state index contributed by atoms with van der Waals surface area (Å²) in [5.74, 6) is 9.10. The van der Waals surface area contributed by atoms with Gasteiger partial charge in [0.2, 0.25) is 9.38 Å². The Balaban J connectivity index is 0.0000000890. The molecule has 5 aromatic carbocycles. The van der Waals surface area contributed by atoms with Gasteiger partial charge in [-0.25, -0.2) is 0 Å². The number of carbonyl (C=O) groups excluding carboxylic acids is 3. The van der Waals surface area contributed by atoms with Gasteiger partial charge in [0.05, 0.1) is 62.8 Å². The molecule has 10 aliphatic heterocycles. The summed E-state index contributed by atoms with van der Waals surface area (Å²) >= 11 is 0. The molecule has 20 aliphatic rings. The Bertz CT molecular complexity index is 5070. The van der Waals surface area contributed by atoms with Crippen LogP contribution >= 0.6 is 0 Å². The van der Waals surface area contributed by atoms with Crippen molar-refractivity contribution in [3.05, 3.63) is 165 Å². The molecule has 592 valence electrons. The first-order chi connectivity index (χ1) is 54.6. The second-order valence-corrected chi connectivity index (χ2v) is 36.3. The molecule has 10 aliphatic carbocycles. The molecular formula is C90H101N5O17Si. The van der Waals surface area contributed by atoms with Crippen molar-refractivity contribution in [1.29, 1.82) is 0 Å². The normalized spacial score (nSPS) is 39.6. The Kier molecular flexibility index (Phi) is 16.1. The molecule has 10 heterocycles. The quantitative estimate of drug-likeness (QED) is 0.125. The molecule has 1 saturated carbocycles. The number of ether oxygens (including phenoxy) is 10. The lowest BCUT2D eigenvalue weighted by Crippen LogP contribution is -2.76. The van der Waals surface area contributed by atoms with Gasteiger partial charge in [0.25, 0.3) is 0 Å². The molecule has 25 rings (SSSR count). The average Bonchev–Trinajstić information content (AvgIpc) is 1.58. The molecule has 3 N–H and O–H groups in total. The Morgan fingerprint density at radius 3 is 1.48 bits per heavy atom. The van der Waals surface area contributed by atoms with Crippen molar-refractivity contribution in [2.24, 2.45) is 17.8 Å². The lowest BCUT2D eigenvalue weighted by Gasteiger charge is -2.62. The third-order valence-electron chi connectivity index (χ3n) is 31.9. The molecule has 6 fully saturated rings. The van der Waals surface area contributed by atoms with E-state index in [-0.39, 0.29) is 79.5 Å². The summed E-state index contributed by atoms with van der Waals surface area (Å²) in [6, 6.07) is 22.1. The second kappa shape index (κ2) is 25.1. The molecule has 5 spiro atoms. The highest BCUT2D eigenvalue weighted by Gasteiger charge is 2.76. The fourth-order valence-corrected chi connectivity index (χ4v) is 27.5. The predicted molar refractivity (Wildman–Crippen MR) is 421 cm³/mol. The smallest absolute Gasteiger partial charge is 0.209 e. The van der Waals surface area contributed by atoms with Crippen molar-refractivity contribution in [1.82, 2.24) is 24.5 Å². The van der Waals surface area contributed by atoms with Gasteiger partial charge in [-0.1, -0.05) is 60.8 Å². The minimum absolute atomic E-state index is 0.00486. The van der Waals surface area contributed by atoms with Crippen molar-refractivity contribution < 1.29 is 81.5 Å². The molecule has 22 nitrogen and oxygen atoms in total. The number of likely N-dealkylation sites (N-methyl/N-ethyl adjacent to an activating group) is 5. The van der Waals surface area contributed by atoms with Crippen LogP contribution in [0.15, 0.2) is 109 Å². The fourth-order valence-electron chi connectivity index (χ4n) is 27.0. The first-order valence-electron chi connectivity index (χ1n) is 40.7. The van der Waals surface area contributed by atoms with Crippen LogP contribution in [0.1, 0.15) is 94.2 Å². The second-order valence-electron chi connectivity index (χ2n) is 35.7. The first kappa shape index (κ1) is 72.3. The zero-order valence-electron chi connectivity index (χ0n) is 65.9. The van der Waals surface area contributed by atoms with Crippen molar-refractivity contribution in [2.75, 3.05) is 104 Å². The molecule has 0 radical (unpaired) electrons. The van der Waals surface area contributed by atoms with Gasteiger partial charge in [-0.15, -0.1) is 0 Å². The molecule has 5 saturated heterocycles. The fraction of sp³-hybridized carbons (Fsp3) is 0.533. The van der Waals surface area contributed by atoms with Crippen LogP contribution in [0.2, 0.25) is 0 Å². The third kappa shape index (κ3) is 8.96. The minimum Gasteiger partial charge on any atom is -0.544 e. The number of hydrogen-bond donors (Lipinski definition) is 3. The van der Waals surface area contributed by atoms with Gasteiger partial charge in [0.1, 0.15) is 30.0 Å². The number of hydrogen-bond acceptors (Lipinski definition) is 22. The molecule has 0 aromatic heterocycles. The van der Waals surface area contributed by atoms with Crippen molar-refractivity contribution in [2.45, 2.75) is 182 Å². The lowest BCUT2D eigenvalue weighted by molar-refractivity contribution is -0.185. The number of likely N-dealkylation sites (tertiary alicyclic amines) is 5. The van der Waals surface area contributed by atoms with Crippen LogP contribution < -0.4 is 47.4 Å². The van der Waals surface area contributed by atoms with E-state index in [0.29, 0.717) is 78.1 Å². The zero-order chi connectivity index (χ0) is 77.9. The number of benzene rings is 5. The predicted octanol–water partition coefficient (Wildman–Crippen LogP) is 6.00. The van der Waals surface area contributed by atoms with E-state index in [1.54, 1.807) is 47.7 Å². The molecular weight excluding hydrogens is 1450 g/mol. The van der Waals surface area contributed by atoms with Gasteiger partial charge in [0, 0.05) is 94.2 Å². The van der Waals surface area contributed by atoms with Crippen molar-refractivity contribution in [3.63, 3.8) is 0 Å². The molecule has 17 unspecified atom stereocenters. The van der Waals surface area contributed by atoms with Gasteiger partial charge in [0.15, 0.2) is 93.2 Å². The number of carbonyl (C=O) groups is 3. The number of aliphatic hydroxyl groups excluding tert-OH is 1. The lowest BCUT2D eigenvalue weighted by atomic mass is 9.49. The van der Waals surface area contributed by atoms with E-state index in [1.807, 2.05) is 37.4 Å². The average molecular weight is 1550 g/mol. The summed E-state index contributed by atoms with van der Waals surface area (Å²) in [4.78, 5) is 49.6. The Morgan fingerprint density at radius 1 is 0.442 bits per heavy atom. The summed E-state index contributed by atoms with van der Waals surface area (Å²) in [7, 11) is 18.8. The minimum atomic E-state index is -1.08. The van der Waals surface area contributed by atoms with Gasteiger partial charge in [-0.2, -0.15) is 0 Å². The van der Waals surface area contributed by atoms with Crippen LogP contribution in [0.5, 0.6) is 57.5 Å². The van der Waals surface area contributed by atoms with Crippen LogP contribution in [-0.4, -0.2) is 260 Å². The van der Waals surface area contributed by atoms with Crippen LogP contribution in [-0.2, 0) is 78.0 Å². The van der Waals surface area contributed by atoms with E-state index in [2.05, 4.69) is 120 Å². The van der Waals surface area contributed by atoms with E-state index in [0.717, 1.165) is 135 Å². The summed E-state index contributed by atoms with van der Waals surface area (Å²) in [6.45, 7) is 4.80. The summed E-state index contributed by atoms with van der Waals surface area (Å²) < 4.78 is 64.8. The highest BCUT2D eigenvalue weighted by Crippen LogP contribution is 2.69.